The standard InChI is InChI=1S/C15H24N2O/c1-3-14(16)13-6-4-5-7-15(13)17-10-8-12(18-2)9-11-17/h4-7,12,14H,3,8-11,16H2,1-2H3. The summed E-state index contributed by atoms with van der Waals surface area (Å²) in [4.78, 5) is 2.44. The molecule has 1 heterocycles. The number of anilines is 1. The molecule has 0 saturated carbocycles. The van der Waals surface area contributed by atoms with Gasteiger partial charge in [0.1, 0.15) is 0 Å². The monoisotopic (exact) mass is 248 g/mol. The molecule has 0 radical (unpaired) electrons. The Kier molecular flexibility index (Phi) is 4.61. The minimum Gasteiger partial charge on any atom is -0.381 e. The highest BCUT2D eigenvalue weighted by atomic mass is 16.5. The van der Waals surface area contributed by atoms with Crippen LogP contribution in [0.5, 0.6) is 0 Å². The molecule has 1 atom stereocenters. The summed E-state index contributed by atoms with van der Waals surface area (Å²) >= 11 is 0. The fourth-order valence-corrected chi connectivity index (χ4v) is 2.64. The van der Waals surface area contributed by atoms with Gasteiger partial charge in [0.25, 0.3) is 0 Å². The van der Waals surface area contributed by atoms with Crippen LogP contribution >= 0.6 is 0 Å². The molecule has 0 aromatic heterocycles. The van der Waals surface area contributed by atoms with Crippen molar-refractivity contribution in [1.29, 1.82) is 0 Å². The van der Waals surface area contributed by atoms with Crippen LogP contribution in [-0.4, -0.2) is 26.3 Å². The second-order valence-corrected chi connectivity index (χ2v) is 5.00. The predicted octanol–water partition coefficient (Wildman–Crippen LogP) is 2.71. The molecular weight excluding hydrogens is 224 g/mol. The number of piperidine rings is 1. The summed E-state index contributed by atoms with van der Waals surface area (Å²) in [6.45, 7) is 4.26. The van der Waals surface area contributed by atoms with E-state index in [4.69, 9.17) is 10.5 Å². The molecule has 2 N–H and O–H groups in total. The van der Waals surface area contributed by atoms with Crippen LogP contribution in [0.3, 0.4) is 0 Å². The Bertz CT molecular complexity index is 373. The minimum atomic E-state index is 0.140. The fraction of sp³-hybridized carbons (Fsp3) is 0.600. The molecule has 0 aliphatic carbocycles. The lowest BCUT2D eigenvalue weighted by Crippen LogP contribution is -2.37. The molecule has 1 aromatic carbocycles. The highest BCUT2D eigenvalue weighted by Crippen LogP contribution is 2.29. The van der Waals surface area contributed by atoms with E-state index >= 15 is 0 Å². The molecule has 3 nitrogen and oxygen atoms in total. The van der Waals surface area contributed by atoms with Crippen molar-refractivity contribution >= 4 is 5.69 Å². The number of benzene rings is 1. The number of methoxy groups -OCH3 is 1. The first-order chi connectivity index (χ1) is 8.76. The highest BCUT2D eigenvalue weighted by Gasteiger charge is 2.21. The van der Waals surface area contributed by atoms with Gasteiger partial charge in [-0.05, 0) is 30.9 Å². The maximum Gasteiger partial charge on any atom is 0.0605 e. The minimum absolute atomic E-state index is 0.140. The van der Waals surface area contributed by atoms with E-state index < -0.39 is 0 Å². The van der Waals surface area contributed by atoms with Gasteiger partial charge >= 0.3 is 0 Å². The number of ether oxygens (including phenoxy) is 1. The summed E-state index contributed by atoms with van der Waals surface area (Å²) in [7, 11) is 1.81. The van der Waals surface area contributed by atoms with Crippen molar-refractivity contribution in [1.82, 2.24) is 0 Å². The first kappa shape index (κ1) is 13.4. The molecule has 1 fully saturated rings. The number of rotatable bonds is 4. The second-order valence-electron chi connectivity index (χ2n) is 5.00. The maximum atomic E-state index is 6.20. The van der Waals surface area contributed by atoms with Crippen LogP contribution in [0.1, 0.15) is 37.8 Å². The zero-order chi connectivity index (χ0) is 13.0. The van der Waals surface area contributed by atoms with Crippen LogP contribution in [-0.2, 0) is 4.74 Å². The van der Waals surface area contributed by atoms with Crippen molar-refractivity contribution in [3.05, 3.63) is 29.8 Å². The van der Waals surface area contributed by atoms with Crippen LogP contribution in [0.15, 0.2) is 24.3 Å². The van der Waals surface area contributed by atoms with Gasteiger partial charge in [0.05, 0.1) is 6.10 Å². The summed E-state index contributed by atoms with van der Waals surface area (Å²) in [5.41, 5.74) is 8.78. The van der Waals surface area contributed by atoms with Crippen molar-refractivity contribution in [2.24, 2.45) is 5.73 Å². The van der Waals surface area contributed by atoms with Crippen molar-refractivity contribution in [2.45, 2.75) is 38.3 Å². The summed E-state index contributed by atoms with van der Waals surface area (Å²) in [5.74, 6) is 0. The van der Waals surface area contributed by atoms with Gasteiger partial charge in [-0.15, -0.1) is 0 Å². The Morgan fingerprint density at radius 3 is 2.61 bits per heavy atom. The van der Waals surface area contributed by atoms with E-state index in [1.807, 2.05) is 0 Å². The van der Waals surface area contributed by atoms with Gasteiger partial charge < -0.3 is 15.4 Å². The molecule has 1 aliphatic rings. The smallest absolute Gasteiger partial charge is 0.0605 e. The van der Waals surface area contributed by atoms with Crippen molar-refractivity contribution < 1.29 is 4.74 Å². The topological polar surface area (TPSA) is 38.5 Å². The predicted molar refractivity (Wildman–Crippen MR) is 75.9 cm³/mol. The summed E-state index contributed by atoms with van der Waals surface area (Å²) in [5, 5.41) is 0. The number of nitrogens with zero attached hydrogens (tertiary/aromatic N) is 1. The van der Waals surface area contributed by atoms with Gasteiger partial charge in [-0.3, -0.25) is 0 Å². The van der Waals surface area contributed by atoms with Gasteiger partial charge in [0.15, 0.2) is 0 Å². The number of nitrogens with two attached hydrogens (primary N) is 1. The van der Waals surface area contributed by atoms with Crippen LogP contribution in [0.4, 0.5) is 5.69 Å². The Labute approximate surface area is 110 Å². The third-order valence-corrected chi connectivity index (χ3v) is 3.89. The summed E-state index contributed by atoms with van der Waals surface area (Å²) < 4.78 is 5.42. The molecule has 3 heteroatoms. The molecule has 1 aromatic rings. The normalized spacial score (nSPS) is 18.9. The van der Waals surface area contributed by atoms with E-state index in [0.717, 1.165) is 32.4 Å². The number of para-hydroxylation sites is 1. The van der Waals surface area contributed by atoms with E-state index in [2.05, 4.69) is 36.1 Å². The lowest BCUT2D eigenvalue weighted by atomic mass is 10.00. The van der Waals surface area contributed by atoms with Crippen molar-refractivity contribution in [3.63, 3.8) is 0 Å². The lowest BCUT2D eigenvalue weighted by molar-refractivity contribution is 0.0819. The van der Waals surface area contributed by atoms with Gasteiger partial charge in [-0.1, -0.05) is 25.1 Å². The third-order valence-electron chi connectivity index (χ3n) is 3.89. The molecule has 1 unspecified atom stereocenters. The average molecular weight is 248 g/mol. The van der Waals surface area contributed by atoms with E-state index in [1.54, 1.807) is 7.11 Å². The average Bonchev–Trinajstić information content (AvgIpc) is 2.46. The molecule has 100 valence electrons. The van der Waals surface area contributed by atoms with Crippen LogP contribution in [0.25, 0.3) is 0 Å². The Hall–Kier alpha value is -1.06. The molecular formula is C15H24N2O. The van der Waals surface area contributed by atoms with Crippen LogP contribution in [0, 0.1) is 0 Å². The van der Waals surface area contributed by atoms with Gasteiger partial charge in [-0.25, -0.2) is 0 Å². The largest absolute Gasteiger partial charge is 0.381 e. The second kappa shape index (κ2) is 6.21. The first-order valence-corrected chi connectivity index (χ1v) is 6.88. The Morgan fingerprint density at radius 1 is 1.33 bits per heavy atom. The van der Waals surface area contributed by atoms with E-state index in [-0.39, 0.29) is 6.04 Å². The summed E-state index contributed by atoms with van der Waals surface area (Å²) in [6, 6.07) is 8.67. The molecule has 1 saturated heterocycles. The van der Waals surface area contributed by atoms with E-state index in [9.17, 15) is 0 Å². The SMILES string of the molecule is CCC(N)c1ccccc1N1CCC(OC)CC1. The van der Waals surface area contributed by atoms with E-state index in [0.29, 0.717) is 6.10 Å². The Balaban J connectivity index is 2.13. The number of hydrogen-bond acceptors (Lipinski definition) is 3. The van der Waals surface area contributed by atoms with Gasteiger partial charge in [0.2, 0.25) is 0 Å². The molecule has 2 rings (SSSR count). The molecule has 0 amide bonds. The van der Waals surface area contributed by atoms with Crippen molar-refractivity contribution in [2.75, 3.05) is 25.1 Å². The van der Waals surface area contributed by atoms with Crippen molar-refractivity contribution in [3.8, 4) is 0 Å². The van der Waals surface area contributed by atoms with Gasteiger partial charge in [0, 0.05) is 31.9 Å². The lowest BCUT2D eigenvalue weighted by Gasteiger charge is -2.34. The third kappa shape index (κ3) is 2.85. The Morgan fingerprint density at radius 2 is 2.00 bits per heavy atom. The first-order valence-electron chi connectivity index (χ1n) is 6.88. The van der Waals surface area contributed by atoms with Crippen LogP contribution in [0.2, 0.25) is 0 Å². The summed E-state index contributed by atoms with van der Waals surface area (Å²) in [6.07, 6.45) is 3.61. The fourth-order valence-electron chi connectivity index (χ4n) is 2.64. The van der Waals surface area contributed by atoms with E-state index in [1.165, 1.54) is 11.3 Å². The zero-order valence-corrected chi connectivity index (χ0v) is 11.4. The van der Waals surface area contributed by atoms with Gasteiger partial charge in [-0.2, -0.15) is 0 Å². The molecule has 0 spiro atoms. The highest BCUT2D eigenvalue weighted by molar-refractivity contribution is 5.55. The quantitative estimate of drug-likeness (QED) is 0.890. The van der Waals surface area contributed by atoms with Crippen LogP contribution < -0.4 is 10.6 Å². The molecule has 18 heavy (non-hydrogen) atoms. The number of hydrogen-bond donors (Lipinski definition) is 1. The molecule has 0 bridgehead atoms. The zero-order valence-electron chi connectivity index (χ0n) is 11.4. The maximum absolute atomic E-state index is 6.20. The molecule has 1 aliphatic heterocycles.